The molecular weight excluding hydrogens is 373 g/mol. The Labute approximate surface area is 159 Å². The highest BCUT2D eigenvalue weighted by Crippen LogP contribution is 2.33. The number of likely N-dealkylation sites (N-methyl/N-ethyl adjacent to an activating group) is 1. The quantitative estimate of drug-likeness (QED) is 0.666. The predicted octanol–water partition coefficient (Wildman–Crippen LogP) is 4.95. The highest BCUT2D eigenvalue weighted by molar-refractivity contribution is 7.17. The van der Waals surface area contributed by atoms with E-state index in [0.717, 1.165) is 21.7 Å². The van der Waals surface area contributed by atoms with E-state index in [2.05, 4.69) is 5.32 Å². The van der Waals surface area contributed by atoms with E-state index in [1.165, 1.54) is 18.2 Å². The molecule has 0 aliphatic rings. The van der Waals surface area contributed by atoms with Crippen molar-refractivity contribution in [3.63, 3.8) is 0 Å². The monoisotopic (exact) mass is 392 g/mol. The van der Waals surface area contributed by atoms with Gasteiger partial charge in [-0.25, -0.2) is 0 Å². The molecule has 0 aliphatic heterocycles. The number of hydrogen-bond acceptors (Lipinski definition) is 3. The maximum atomic E-state index is 13.1. The fourth-order valence-electron chi connectivity index (χ4n) is 3.04. The fourth-order valence-corrected chi connectivity index (χ4v) is 4.05. The molecule has 0 spiro atoms. The molecule has 7 heteroatoms. The number of nitrogens with zero attached hydrogens (tertiary/aromatic N) is 1. The van der Waals surface area contributed by atoms with Gasteiger partial charge in [-0.15, -0.1) is 11.3 Å². The van der Waals surface area contributed by atoms with Crippen LogP contribution in [0.25, 0.3) is 10.1 Å². The Balaban J connectivity index is 1.83. The van der Waals surface area contributed by atoms with Crippen LogP contribution in [-0.2, 0) is 6.18 Å². The van der Waals surface area contributed by atoms with Crippen LogP contribution in [0, 0.1) is 0 Å². The van der Waals surface area contributed by atoms with Gasteiger partial charge in [0.1, 0.15) is 0 Å². The Morgan fingerprint density at radius 3 is 2.48 bits per heavy atom. The van der Waals surface area contributed by atoms with Gasteiger partial charge in [-0.3, -0.25) is 4.79 Å². The molecule has 1 atom stereocenters. The SMILES string of the molecule is CN(C)C(CNC(=O)c1ccccc1C(F)(F)F)c1csc2ccccc12. The summed E-state index contributed by atoms with van der Waals surface area (Å²) < 4.78 is 40.6. The van der Waals surface area contributed by atoms with Crippen molar-refractivity contribution >= 4 is 27.3 Å². The maximum absolute atomic E-state index is 13.1. The molecule has 27 heavy (non-hydrogen) atoms. The van der Waals surface area contributed by atoms with E-state index >= 15 is 0 Å². The number of fused-ring (bicyclic) bond motifs is 1. The second kappa shape index (κ2) is 7.70. The van der Waals surface area contributed by atoms with Crippen LogP contribution in [0.15, 0.2) is 53.9 Å². The van der Waals surface area contributed by atoms with Crippen molar-refractivity contribution < 1.29 is 18.0 Å². The van der Waals surface area contributed by atoms with Gasteiger partial charge in [-0.1, -0.05) is 30.3 Å². The summed E-state index contributed by atoms with van der Waals surface area (Å²) in [4.78, 5) is 14.4. The molecule has 1 heterocycles. The maximum Gasteiger partial charge on any atom is 0.417 e. The molecule has 0 bridgehead atoms. The van der Waals surface area contributed by atoms with Gasteiger partial charge < -0.3 is 10.2 Å². The van der Waals surface area contributed by atoms with E-state index in [-0.39, 0.29) is 18.2 Å². The molecule has 1 amide bonds. The standard InChI is InChI=1S/C20H19F3N2OS/c1-25(2)17(15-12-27-18-10-6-4-7-13(15)18)11-24-19(26)14-8-3-5-9-16(14)20(21,22)23/h3-10,12,17H,11H2,1-2H3,(H,24,26). The highest BCUT2D eigenvalue weighted by atomic mass is 32.1. The second-order valence-corrected chi connectivity index (χ2v) is 7.33. The number of amides is 1. The number of carbonyl (C=O) groups excluding carboxylic acids is 1. The Bertz CT molecular complexity index is 950. The predicted molar refractivity (Wildman–Crippen MR) is 102 cm³/mol. The van der Waals surface area contributed by atoms with Gasteiger partial charge in [-0.2, -0.15) is 13.2 Å². The average molecular weight is 392 g/mol. The van der Waals surface area contributed by atoms with E-state index in [4.69, 9.17) is 0 Å². The number of nitrogens with one attached hydrogen (secondary N) is 1. The molecule has 1 aromatic heterocycles. The molecule has 142 valence electrons. The molecule has 0 radical (unpaired) electrons. The fraction of sp³-hybridized carbons (Fsp3) is 0.250. The second-order valence-electron chi connectivity index (χ2n) is 6.42. The summed E-state index contributed by atoms with van der Waals surface area (Å²) in [5.74, 6) is -0.727. The summed E-state index contributed by atoms with van der Waals surface area (Å²) in [7, 11) is 3.76. The lowest BCUT2D eigenvalue weighted by molar-refractivity contribution is -0.137. The summed E-state index contributed by atoms with van der Waals surface area (Å²) in [6, 6.07) is 12.6. The van der Waals surface area contributed by atoms with Crippen LogP contribution in [0.1, 0.15) is 27.5 Å². The van der Waals surface area contributed by atoms with Crippen molar-refractivity contribution in [2.24, 2.45) is 0 Å². The number of carbonyl (C=O) groups is 1. The first-order valence-corrected chi connectivity index (χ1v) is 9.24. The number of hydrogen-bond donors (Lipinski definition) is 1. The Morgan fingerprint density at radius 1 is 1.11 bits per heavy atom. The van der Waals surface area contributed by atoms with Crippen molar-refractivity contribution in [2.75, 3.05) is 20.6 Å². The topological polar surface area (TPSA) is 32.3 Å². The molecule has 0 aliphatic carbocycles. The van der Waals surface area contributed by atoms with E-state index in [1.807, 2.05) is 48.6 Å². The summed E-state index contributed by atoms with van der Waals surface area (Å²) in [5.41, 5.74) is -0.243. The van der Waals surface area contributed by atoms with Crippen LogP contribution < -0.4 is 5.32 Å². The van der Waals surface area contributed by atoms with Gasteiger partial charge >= 0.3 is 6.18 Å². The third-order valence-corrected chi connectivity index (χ3v) is 5.41. The van der Waals surface area contributed by atoms with Crippen LogP contribution in [-0.4, -0.2) is 31.4 Å². The minimum absolute atomic E-state index is 0.150. The summed E-state index contributed by atoms with van der Waals surface area (Å²) >= 11 is 1.61. The average Bonchev–Trinajstić information content (AvgIpc) is 3.05. The molecule has 3 rings (SSSR count). The lowest BCUT2D eigenvalue weighted by atomic mass is 10.0. The summed E-state index contributed by atoms with van der Waals surface area (Å²) in [5, 5.41) is 5.79. The van der Waals surface area contributed by atoms with Gasteiger partial charge in [0.25, 0.3) is 5.91 Å². The zero-order valence-corrected chi connectivity index (χ0v) is 15.7. The van der Waals surface area contributed by atoms with Crippen LogP contribution >= 0.6 is 11.3 Å². The molecule has 0 saturated carbocycles. The molecule has 1 unspecified atom stereocenters. The van der Waals surface area contributed by atoms with Gasteiger partial charge in [0, 0.05) is 11.2 Å². The molecule has 0 saturated heterocycles. The molecule has 3 nitrogen and oxygen atoms in total. The van der Waals surface area contributed by atoms with Gasteiger partial charge in [0.05, 0.1) is 17.2 Å². The Kier molecular flexibility index (Phi) is 5.53. The van der Waals surface area contributed by atoms with Crippen LogP contribution in [0.2, 0.25) is 0 Å². The highest BCUT2D eigenvalue weighted by Gasteiger charge is 2.35. The lowest BCUT2D eigenvalue weighted by Gasteiger charge is -2.25. The first kappa shape index (κ1) is 19.4. The Hall–Kier alpha value is -2.38. The first-order valence-electron chi connectivity index (χ1n) is 8.36. The van der Waals surface area contributed by atoms with Crippen LogP contribution in [0.3, 0.4) is 0 Å². The van der Waals surface area contributed by atoms with Crippen LogP contribution in [0.4, 0.5) is 13.2 Å². The van der Waals surface area contributed by atoms with Crippen LogP contribution in [0.5, 0.6) is 0 Å². The van der Waals surface area contributed by atoms with Crippen molar-refractivity contribution in [1.82, 2.24) is 10.2 Å². The van der Waals surface area contributed by atoms with Crippen molar-refractivity contribution in [3.05, 3.63) is 70.6 Å². The molecule has 3 aromatic rings. The van der Waals surface area contributed by atoms with E-state index in [1.54, 1.807) is 11.3 Å². The van der Waals surface area contributed by atoms with Crippen molar-refractivity contribution in [3.8, 4) is 0 Å². The number of thiophene rings is 1. The minimum atomic E-state index is -4.57. The normalized spacial score (nSPS) is 13.1. The number of alkyl halides is 3. The van der Waals surface area contributed by atoms with Gasteiger partial charge in [0.2, 0.25) is 0 Å². The molecule has 0 fully saturated rings. The molecule has 2 aromatic carbocycles. The number of halogens is 3. The zero-order valence-electron chi connectivity index (χ0n) is 14.9. The van der Waals surface area contributed by atoms with Crippen molar-refractivity contribution in [1.29, 1.82) is 0 Å². The smallest absolute Gasteiger partial charge is 0.350 e. The van der Waals surface area contributed by atoms with Gasteiger partial charge in [0.15, 0.2) is 0 Å². The van der Waals surface area contributed by atoms with E-state index in [0.29, 0.717) is 0 Å². The third-order valence-electron chi connectivity index (χ3n) is 4.43. The number of rotatable bonds is 5. The van der Waals surface area contributed by atoms with E-state index < -0.39 is 17.6 Å². The summed E-state index contributed by atoms with van der Waals surface area (Å²) in [6.07, 6.45) is -4.57. The Morgan fingerprint density at radius 2 is 1.78 bits per heavy atom. The largest absolute Gasteiger partial charge is 0.417 e. The molecule has 1 N–H and O–H groups in total. The van der Waals surface area contributed by atoms with Gasteiger partial charge in [-0.05, 0) is 48.6 Å². The lowest BCUT2D eigenvalue weighted by Crippen LogP contribution is -2.35. The molecular formula is C20H19F3N2OS. The third kappa shape index (κ3) is 4.14. The van der Waals surface area contributed by atoms with E-state index in [9.17, 15) is 18.0 Å². The first-order chi connectivity index (χ1) is 12.8. The number of benzene rings is 2. The van der Waals surface area contributed by atoms with Crippen molar-refractivity contribution in [2.45, 2.75) is 12.2 Å². The zero-order chi connectivity index (χ0) is 19.6. The summed E-state index contributed by atoms with van der Waals surface area (Å²) in [6.45, 7) is 0.207. The minimum Gasteiger partial charge on any atom is -0.350 e.